The predicted octanol–water partition coefficient (Wildman–Crippen LogP) is 1.55. The second kappa shape index (κ2) is 9.44. The minimum Gasteiger partial charge on any atom is -0.393 e. The molecule has 3 heteroatoms. The molecule has 0 aliphatic heterocycles. The van der Waals surface area contributed by atoms with Crippen molar-refractivity contribution in [3.8, 4) is 0 Å². The summed E-state index contributed by atoms with van der Waals surface area (Å²) in [6, 6.07) is 0.411. The van der Waals surface area contributed by atoms with E-state index in [9.17, 15) is 5.11 Å². The topological polar surface area (TPSA) is 41.5 Å². The van der Waals surface area contributed by atoms with E-state index in [1.165, 1.54) is 0 Å². The molecule has 0 bridgehead atoms. The molecule has 14 heavy (non-hydrogen) atoms. The van der Waals surface area contributed by atoms with Crippen molar-refractivity contribution < 1.29 is 9.84 Å². The van der Waals surface area contributed by atoms with Gasteiger partial charge >= 0.3 is 0 Å². The Labute approximate surface area is 87.8 Å². The highest BCUT2D eigenvalue weighted by Gasteiger charge is 2.02. The second-order valence-corrected chi connectivity index (χ2v) is 3.72. The molecule has 0 amide bonds. The molecule has 0 aliphatic rings. The molecule has 0 saturated carbocycles. The summed E-state index contributed by atoms with van der Waals surface area (Å²) in [6.07, 6.45) is 2.66. The van der Waals surface area contributed by atoms with Crippen LogP contribution in [0.3, 0.4) is 0 Å². The van der Waals surface area contributed by atoms with Crippen LogP contribution in [-0.2, 0) is 4.74 Å². The van der Waals surface area contributed by atoms with Crippen molar-refractivity contribution in [2.75, 3.05) is 19.8 Å². The number of aliphatic hydroxyl groups excluding tert-OH is 1. The van der Waals surface area contributed by atoms with E-state index in [1.54, 1.807) is 0 Å². The molecule has 0 spiro atoms. The van der Waals surface area contributed by atoms with E-state index in [-0.39, 0.29) is 6.10 Å². The quantitative estimate of drug-likeness (QED) is 0.559. The van der Waals surface area contributed by atoms with E-state index in [0.717, 1.165) is 39.0 Å². The first-order valence-corrected chi connectivity index (χ1v) is 5.69. The number of hydrogen-bond acceptors (Lipinski definition) is 3. The van der Waals surface area contributed by atoms with Crippen LogP contribution in [0.4, 0.5) is 0 Å². The van der Waals surface area contributed by atoms with Crippen LogP contribution in [0.1, 0.15) is 40.0 Å². The highest BCUT2D eigenvalue weighted by atomic mass is 16.5. The molecule has 0 heterocycles. The van der Waals surface area contributed by atoms with Gasteiger partial charge in [-0.3, -0.25) is 0 Å². The highest BCUT2D eigenvalue weighted by molar-refractivity contribution is 4.60. The first-order chi connectivity index (χ1) is 6.70. The number of hydrogen-bond donors (Lipinski definition) is 2. The van der Waals surface area contributed by atoms with E-state index in [4.69, 9.17) is 4.74 Å². The number of nitrogens with one attached hydrogen (secondary N) is 1. The van der Waals surface area contributed by atoms with Crippen LogP contribution >= 0.6 is 0 Å². The van der Waals surface area contributed by atoms with Gasteiger partial charge in [0.2, 0.25) is 0 Å². The fourth-order valence-corrected chi connectivity index (χ4v) is 1.24. The standard InChI is InChI=1S/C11H25NO2/c1-4-11(13)7-6-8-12-10(3)9-14-5-2/h10-13H,4-9H2,1-3H3. The lowest BCUT2D eigenvalue weighted by atomic mass is 10.1. The Bertz CT molecular complexity index is 120. The molecular weight excluding hydrogens is 178 g/mol. The lowest BCUT2D eigenvalue weighted by Crippen LogP contribution is -2.31. The van der Waals surface area contributed by atoms with Crippen LogP contribution in [-0.4, -0.2) is 37.0 Å². The van der Waals surface area contributed by atoms with E-state index in [2.05, 4.69) is 12.2 Å². The first-order valence-electron chi connectivity index (χ1n) is 5.69. The molecule has 3 nitrogen and oxygen atoms in total. The molecule has 2 atom stereocenters. The zero-order valence-corrected chi connectivity index (χ0v) is 9.75. The number of aliphatic hydroxyl groups is 1. The van der Waals surface area contributed by atoms with Crippen molar-refractivity contribution in [3.63, 3.8) is 0 Å². The van der Waals surface area contributed by atoms with Gasteiger partial charge < -0.3 is 15.2 Å². The molecular formula is C11H25NO2. The third kappa shape index (κ3) is 8.48. The smallest absolute Gasteiger partial charge is 0.0616 e. The van der Waals surface area contributed by atoms with Crippen LogP contribution in [0.2, 0.25) is 0 Å². The third-order valence-electron chi connectivity index (χ3n) is 2.25. The minimum atomic E-state index is -0.126. The van der Waals surface area contributed by atoms with Gasteiger partial charge in [0.05, 0.1) is 12.7 Å². The van der Waals surface area contributed by atoms with Crippen LogP contribution in [0.5, 0.6) is 0 Å². The maximum absolute atomic E-state index is 9.31. The summed E-state index contributed by atoms with van der Waals surface area (Å²) in [5, 5.41) is 12.7. The zero-order chi connectivity index (χ0) is 10.8. The summed E-state index contributed by atoms with van der Waals surface area (Å²) in [6.45, 7) is 8.64. The van der Waals surface area contributed by atoms with E-state index >= 15 is 0 Å². The Morgan fingerprint density at radius 1 is 1.36 bits per heavy atom. The molecule has 86 valence electrons. The lowest BCUT2D eigenvalue weighted by molar-refractivity contribution is 0.125. The highest BCUT2D eigenvalue weighted by Crippen LogP contribution is 1.99. The van der Waals surface area contributed by atoms with Crippen LogP contribution < -0.4 is 5.32 Å². The maximum Gasteiger partial charge on any atom is 0.0616 e. The van der Waals surface area contributed by atoms with Gasteiger partial charge in [-0.05, 0) is 39.7 Å². The number of rotatable bonds is 9. The van der Waals surface area contributed by atoms with Gasteiger partial charge in [0, 0.05) is 12.6 Å². The van der Waals surface area contributed by atoms with Crippen molar-refractivity contribution in [2.24, 2.45) is 0 Å². The van der Waals surface area contributed by atoms with Crippen molar-refractivity contribution in [1.29, 1.82) is 0 Å². The fraction of sp³-hybridized carbons (Fsp3) is 1.00. The van der Waals surface area contributed by atoms with Gasteiger partial charge in [0.25, 0.3) is 0 Å². The normalized spacial score (nSPS) is 15.4. The van der Waals surface area contributed by atoms with Gasteiger partial charge in [-0.15, -0.1) is 0 Å². The van der Waals surface area contributed by atoms with E-state index < -0.39 is 0 Å². The first kappa shape index (κ1) is 13.9. The van der Waals surface area contributed by atoms with E-state index in [1.807, 2.05) is 13.8 Å². The maximum atomic E-state index is 9.31. The monoisotopic (exact) mass is 203 g/mol. The summed E-state index contributed by atoms with van der Waals surface area (Å²) in [4.78, 5) is 0. The molecule has 0 radical (unpaired) electrons. The zero-order valence-electron chi connectivity index (χ0n) is 9.75. The number of ether oxygens (including phenoxy) is 1. The Kier molecular flexibility index (Phi) is 9.35. The molecule has 0 aromatic heterocycles. The summed E-state index contributed by atoms with van der Waals surface area (Å²) in [7, 11) is 0. The molecule has 2 unspecified atom stereocenters. The average molecular weight is 203 g/mol. The van der Waals surface area contributed by atoms with Crippen molar-refractivity contribution in [2.45, 2.75) is 52.2 Å². The SMILES string of the molecule is CCOCC(C)NCCCC(O)CC. The summed E-state index contributed by atoms with van der Waals surface area (Å²) in [5.41, 5.74) is 0. The molecule has 0 aliphatic carbocycles. The minimum absolute atomic E-state index is 0.126. The van der Waals surface area contributed by atoms with Gasteiger partial charge in [0.15, 0.2) is 0 Å². The van der Waals surface area contributed by atoms with Crippen molar-refractivity contribution >= 4 is 0 Å². The van der Waals surface area contributed by atoms with Crippen LogP contribution in [0.15, 0.2) is 0 Å². The average Bonchev–Trinajstić information content (AvgIpc) is 2.21. The second-order valence-electron chi connectivity index (χ2n) is 3.72. The molecule has 0 saturated heterocycles. The van der Waals surface area contributed by atoms with Gasteiger partial charge in [-0.1, -0.05) is 6.92 Å². The summed E-state index contributed by atoms with van der Waals surface area (Å²) < 4.78 is 5.28. The van der Waals surface area contributed by atoms with Crippen molar-refractivity contribution in [1.82, 2.24) is 5.32 Å². The Hall–Kier alpha value is -0.120. The molecule has 0 aromatic rings. The summed E-state index contributed by atoms with van der Waals surface area (Å²) >= 11 is 0. The Balaban J connectivity index is 3.18. The predicted molar refractivity (Wildman–Crippen MR) is 59.5 cm³/mol. The molecule has 2 N–H and O–H groups in total. The molecule has 0 fully saturated rings. The van der Waals surface area contributed by atoms with Crippen LogP contribution in [0, 0.1) is 0 Å². The largest absolute Gasteiger partial charge is 0.393 e. The van der Waals surface area contributed by atoms with Gasteiger partial charge in [0.1, 0.15) is 0 Å². The van der Waals surface area contributed by atoms with Gasteiger partial charge in [-0.2, -0.15) is 0 Å². The fourth-order valence-electron chi connectivity index (χ4n) is 1.24. The Morgan fingerprint density at radius 2 is 2.07 bits per heavy atom. The Morgan fingerprint density at radius 3 is 2.64 bits per heavy atom. The molecule has 0 rings (SSSR count). The third-order valence-corrected chi connectivity index (χ3v) is 2.25. The van der Waals surface area contributed by atoms with Gasteiger partial charge in [-0.25, -0.2) is 0 Å². The lowest BCUT2D eigenvalue weighted by Gasteiger charge is -2.14. The van der Waals surface area contributed by atoms with Crippen molar-refractivity contribution in [3.05, 3.63) is 0 Å². The summed E-state index contributed by atoms with van der Waals surface area (Å²) in [5.74, 6) is 0. The van der Waals surface area contributed by atoms with Crippen LogP contribution in [0.25, 0.3) is 0 Å². The molecule has 0 aromatic carbocycles. The van der Waals surface area contributed by atoms with E-state index in [0.29, 0.717) is 6.04 Å².